The summed E-state index contributed by atoms with van der Waals surface area (Å²) in [7, 11) is 4.00. The highest BCUT2D eigenvalue weighted by atomic mass is 79.9. The van der Waals surface area contributed by atoms with E-state index in [1.807, 2.05) is 32.3 Å². The third-order valence-corrected chi connectivity index (χ3v) is 2.59. The zero-order valence-corrected chi connectivity index (χ0v) is 12.3. The Hall–Kier alpha value is -0.850. The average Bonchev–Trinajstić information content (AvgIpc) is 2.21. The maximum Gasteiger partial charge on any atom is 0.168 e. The summed E-state index contributed by atoms with van der Waals surface area (Å²) < 4.78 is 6.63. The molecule has 0 saturated heterocycles. The second-order valence-electron chi connectivity index (χ2n) is 3.78. The zero-order chi connectivity index (χ0) is 12.8. The van der Waals surface area contributed by atoms with E-state index in [0.717, 1.165) is 22.5 Å². The van der Waals surface area contributed by atoms with E-state index in [0.29, 0.717) is 6.61 Å². The molecule has 0 aliphatic carbocycles. The first-order valence-corrected chi connectivity index (χ1v) is 6.32. The van der Waals surface area contributed by atoms with Crippen LogP contribution in [0.25, 0.3) is 0 Å². The zero-order valence-electron chi connectivity index (χ0n) is 9.87. The lowest BCUT2D eigenvalue weighted by molar-refractivity contribution is 0.262. The summed E-state index contributed by atoms with van der Waals surface area (Å²) in [6.45, 7) is 1.45. The molecule has 0 spiro atoms. The molecule has 0 fully saturated rings. The Morgan fingerprint density at radius 1 is 1.53 bits per heavy atom. The highest BCUT2D eigenvalue weighted by Gasteiger charge is 2.05. The van der Waals surface area contributed by atoms with Gasteiger partial charge < -0.3 is 20.7 Å². The highest BCUT2D eigenvalue weighted by molar-refractivity contribution is 9.10. The molecule has 1 aromatic carbocycles. The molecule has 0 amide bonds. The number of nitrogens with one attached hydrogen (secondary N) is 1. The van der Waals surface area contributed by atoms with Crippen LogP contribution < -0.4 is 15.8 Å². The summed E-state index contributed by atoms with van der Waals surface area (Å²) in [5.74, 6) is 0.731. The van der Waals surface area contributed by atoms with Gasteiger partial charge in [0.15, 0.2) is 5.11 Å². The number of likely N-dealkylation sites (N-methyl/N-ethyl adjacent to an activating group) is 1. The van der Waals surface area contributed by atoms with Gasteiger partial charge >= 0.3 is 0 Å². The molecule has 17 heavy (non-hydrogen) atoms. The van der Waals surface area contributed by atoms with Crippen molar-refractivity contribution in [2.45, 2.75) is 0 Å². The van der Waals surface area contributed by atoms with Crippen LogP contribution in [0.4, 0.5) is 5.69 Å². The van der Waals surface area contributed by atoms with Crippen LogP contribution in [-0.4, -0.2) is 37.3 Å². The number of halogens is 1. The number of hydrogen-bond donors (Lipinski definition) is 2. The van der Waals surface area contributed by atoms with Gasteiger partial charge in [-0.2, -0.15) is 0 Å². The molecule has 0 radical (unpaired) electrons. The minimum Gasteiger partial charge on any atom is -0.490 e. The molecule has 6 heteroatoms. The van der Waals surface area contributed by atoms with Gasteiger partial charge in [0.25, 0.3) is 0 Å². The van der Waals surface area contributed by atoms with Crippen molar-refractivity contribution in [2.75, 3.05) is 32.6 Å². The number of hydrogen-bond acceptors (Lipinski definition) is 3. The number of thiocarbonyl (C=S) groups is 1. The number of anilines is 1. The van der Waals surface area contributed by atoms with Gasteiger partial charge in [0.2, 0.25) is 0 Å². The topological polar surface area (TPSA) is 50.5 Å². The van der Waals surface area contributed by atoms with Gasteiger partial charge in [0.1, 0.15) is 12.4 Å². The summed E-state index contributed by atoms with van der Waals surface area (Å²) in [5.41, 5.74) is 6.23. The molecule has 0 heterocycles. The molecule has 0 saturated carbocycles. The van der Waals surface area contributed by atoms with Gasteiger partial charge in [0, 0.05) is 11.0 Å². The van der Waals surface area contributed by atoms with Crippen molar-refractivity contribution in [3.8, 4) is 5.75 Å². The van der Waals surface area contributed by atoms with Crippen LogP contribution in [0.5, 0.6) is 5.75 Å². The van der Waals surface area contributed by atoms with E-state index >= 15 is 0 Å². The van der Waals surface area contributed by atoms with Gasteiger partial charge in [-0.25, -0.2) is 0 Å². The molecule has 4 nitrogen and oxygen atoms in total. The van der Waals surface area contributed by atoms with Crippen molar-refractivity contribution >= 4 is 38.9 Å². The third kappa shape index (κ3) is 5.34. The van der Waals surface area contributed by atoms with Crippen molar-refractivity contribution in [2.24, 2.45) is 5.73 Å². The van der Waals surface area contributed by atoms with Crippen molar-refractivity contribution in [1.29, 1.82) is 0 Å². The number of benzene rings is 1. The third-order valence-electron chi connectivity index (χ3n) is 2.00. The Bertz CT molecular complexity index is 398. The SMILES string of the molecule is CN(C)CCOc1cc(Br)ccc1NC(N)=S. The van der Waals surface area contributed by atoms with Gasteiger partial charge in [-0.1, -0.05) is 15.9 Å². The fourth-order valence-corrected chi connectivity index (χ4v) is 1.64. The molecule has 1 aromatic rings. The van der Waals surface area contributed by atoms with E-state index in [1.54, 1.807) is 0 Å². The van der Waals surface area contributed by atoms with Gasteiger partial charge in [-0.3, -0.25) is 0 Å². The number of nitrogens with two attached hydrogens (primary N) is 1. The lowest BCUT2D eigenvalue weighted by Gasteiger charge is -2.14. The molecular formula is C11H16BrN3OS. The van der Waals surface area contributed by atoms with E-state index < -0.39 is 0 Å². The highest BCUT2D eigenvalue weighted by Crippen LogP contribution is 2.28. The Morgan fingerprint density at radius 3 is 2.82 bits per heavy atom. The number of rotatable bonds is 5. The smallest absolute Gasteiger partial charge is 0.168 e. The maximum atomic E-state index is 5.68. The standard InChI is InChI=1S/C11H16BrN3OS/c1-15(2)5-6-16-10-7-8(12)3-4-9(10)14-11(13)17/h3-4,7H,5-6H2,1-2H3,(H3,13,14,17). The molecule has 0 unspecified atom stereocenters. The first kappa shape index (κ1) is 14.2. The minimum absolute atomic E-state index is 0.227. The Kier molecular flexibility index (Phi) is 5.67. The lowest BCUT2D eigenvalue weighted by Crippen LogP contribution is -2.21. The van der Waals surface area contributed by atoms with Crippen molar-refractivity contribution in [1.82, 2.24) is 4.90 Å². The first-order valence-electron chi connectivity index (χ1n) is 5.12. The summed E-state index contributed by atoms with van der Waals surface area (Å²) in [5, 5.41) is 3.12. The van der Waals surface area contributed by atoms with E-state index in [-0.39, 0.29) is 5.11 Å². The Balaban J connectivity index is 2.72. The molecule has 0 bridgehead atoms. The molecule has 0 atom stereocenters. The molecule has 94 valence electrons. The molecule has 1 rings (SSSR count). The largest absolute Gasteiger partial charge is 0.490 e. The fourth-order valence-electron chi connectivity index (χ4n) is 1.19. The van der Waals surface area contributed by atoms with Crippen LogP contribution in [0.2, 0.25) is 0 Å². The number of nitrogens with zero attached hydrogens (tertiary/aromatic N) is 1. The average molecular weight is 318 g/mol. The summed E-state index contributed by atoms with van der Waals surface area (Å²) >= 11 is 8.22. The van der Waals surface area contributed by atoms with Crippen LogP contribution in [0, 0.1) is 0 Å². The Labute approximate surface area is 115 Å². The number of ether oxygens (including phenoxy) is 1. The lowest BCUT2D eigenvalue weighted by atomic mass is 10.3. The van der Waals surface area contributed by atoms with Crippen LogP contribution in [-0.2, 0) is 0 Å². The molecule has 0 aromatic heterocycles. The van der Waals surface area contributed by atoms with Crippen LogP contribution in [0.3, 0.4) is 0 Å². The fraction of sp³-hybridized carbons (Fsp3) is 0.364. The van der Waals surface area contributed by atoms with Crippen LogP contribution >= 0.6 is 28.1 Å². The van der Waals surface area contributed by atoms with E-state index in [9.17, 15) is 0 Å². The molecule has 0 aliphatic rings. The predicted octanol–water partition coefficient (Wildman–Crippen LogP) is 2.04. The first-order chi connectivity index (χ1) is 7.99. The molecule has 3 N–H and O–H groups in total. The monoisotopic (exact) mass is 317 g/mol. The minimum atomic E-state index is 0.227. The van der Waals surface area contributed by atoms with Crippen LogP contribution in [0.15, 0.2) is 22.7 Å². The Morgan fingerprint density at radius 2 is 2.24 bits per heavy atom. The second-order valence-corrected chi connectivity index (χ2v) is 5.14. The van der Waals surface area contributed by atoms with Gasteiger partial charge in [-0.05, 0) is 44.5 Å². The molecular weight excluding hydrogens is 302 g/mol. The second kappa shape index (κ2) is 6.78. The van der Waals surface area contributed by atoms with Crippen molar-refractivity contribution in [3.63, 3.8) is 0 Å². The van der Waals surface area contributed by atoms with E-state index in [2.05, 4.69) is 26.1 Å². The van der Waals surface area contributed by atoms with E-state index in [1.165, 1.54) is 0 Å². The van der Waals surface area contributed by atoms with Crippen LogP contribution in [0.1, 0.15) is 0 Å². The van der Waals surface area contributed by atoms with E-state index in [4.69, 9.17) is 22.7 Å². The summed E-state index contributed by atoms with van der Waals surface area (Å²) in [6, 6.07) is 5.66. The molecule has 0 aliphatic heterocycles. The summed E-state index contributed by atoms with van der Waals surface area (Å²) in [6.07, 6.45) is 0. The van der Waals surface area contributed by atoms with Gasteiger partial charge in [-0.15, -0.1) is 0 Å². The van der Waals surface area contributed by atoms with Crippen molar-refractivity contribution in [3.05, 3.63) is 22.7 Å². The normalized spacial score (nSPS) is 10.4. The van der Waals surface area contributed by atoms with Gasteiger partial charge in [0.05, 0.1) is 5.69 Å². The quantitative estimate of drug-likeness (QED) is 0.814. The van der Waals surface area contributed by atoms with Crippen molar-refractivity contribution < 1.29 is 4.74 Å². The summed E-state index contributed by atoms with van der Waals surface area (Å²) in [4.78, 5) is 2.05. The predicted molar refractivity (Wildman–Crippen MR) is 78.6 cm³/mol. The maximum absolute atomic E-state index is 5.68.